The van der Waals surface area contributed by atoms with Crippen molar-refractivity contribution in [3.8, 4) is 0 Å². The van der Waals surface area contributed by atoms with E-state index in [1.54, 1.807) is 25.3 Å². The summed E-state index contributed by atoms with van der Waals surface area (Å²) in [5.41, 5.74) is 2.15. The Morgan fingerprint density at radius 2 is 2.18 bits per heavy atom. The second kappa shape index (κ2) is 7.11. The van der Waals surface area contributed by atoms with E-state index in [2.05, 4.69) is 5.32 Å². The number of benzene rings is 1. The summed E-state index contributed by atoms with van der Waals surface area (Å²) in [5, 5.41) is 2.83. The first-order chi connectivity index (χ1) is 10.4. The maximum Gasteiger partial charge on any atom is 0.251 e. The number of nitrogens with zero attached hydrogens (tertiary/aromatic N) is 1. The first kappa shape index (κ1) is 16.8. The number of nitrogens with one attached hydrogen (secondary N) is 1. The lowest BCUT2D eigenvalue weighted by atomic mass is 10.0. The van der Waals surface area contributed by atoms with Crippen molar-refractivity contribution in [2.24, 2.45) is 0 Å². The lowest BCUT2D eigenvalue weighted by Crippen LogP contribution is -2.34. The monoisotopic (exact) mass is 326 g/mol. The van der Waals surface area contributed by atoms with Gasteiger partial charge in [0.15, 0.2) is 0 Å². The molecule has 0 aromatic heterocycles. The van der Waals surface area contributed by atoms with Crippen LogP contribution in [0.3, 0.4) is 0 Å². The van der Waals surface area contributed by atoms with Crippen LogP contribution in [0.5, 0.6) is 0 Å². The molecule has 1 aliphatic rings. The van der Waals surface area contributed by atoms with E-state index in [4.69, 9.17) is 4.74 Å². The summed E-state index contributed by atoms with van der Waals surface area (Å²) in [4.78, 5) is 12.1. The number of fused-ring (bicyclic) bond motifs is 1. The van der Waals surface area contributed by atoms with Gasteiger partial charge in [0.25, 0.3) is 5.91 Å². The van der Waals surface area contributed by atoms with Gasteiger partial charge in [-0.25, -0.2) is 8.42 Å². The summed E-state index contributed by atoms with van der Waals surface area (Å²) < 4.78 is 30.0. The largest absolute Gasteiger partial charge is 0.385 e. The quantitative estimate of drug-likeness (QED) is 0.796. The molecule has 1 heterocycles. The Hall–Kier alpha value is -1.60. The third-order valence-corrected chi connectivity index (χ3v) is 4.81. The third-order valence-electron chi connectivity index (χ3n) is 3.63. The van der Waals surface area contributed by atoms with Crippen LogP contribution < -0.4 is 9.62 Å². The molecular formula is C15H22N2O4S. The number of sulfonamides is 1. The Labute approximate surface area is 131 Å². The molecule has 7 heteroatoms. The molecule has 6 nitrogen and oxygen atoms in total. The number of aryl methyl sites for hydroxylation is 1. The Morgan fingerprint density at radius 1 is 1.41 bits per heavy atom. The van der Waals surface area contributed by atoms with Crippen LogP contribution in [-0.4, -0.2) is 47.4 Å². The van der Waals surface area contributed by atoms with Gasteiger partial charge in [0.05, 0.1) is 11.9 Å². The van der Waals surface area contributed by atoms with Crippen molar-refractivity contribution in [2.45, 2.75) is 19.3 Å². The van der Waals surface area contributed by atoms with E-state index in [0.717, 1.165) is 24.8 Å². The first-order valence-electron chi connectivity index (χ1n) is 7.31. The highest BCUT2D eigenvalue weighted by Crippen LogP contribution is 2.29. The highest BCUT2D eigenvalue weighted by atomic mass is 32.2. The molecular weight excluding hydrogens is 304 g/mol. The van der Waals surface area contributed by atoms with Crippen LogP contribution in [-0.2, 0) is 21.2 Å². The number of methoxy groups -OCH3 is 1. The predicted molar refractivity (Wildman–Crippen MR) is 85.8 cm³/mol. The molecule has 1 aliphatic heterocycles. The minimum Gasteiger partial charge on any atom is -0.385 e. The Kier molecular flexibility index (Phi) is 5.42. The maximum absolute atomic E-state index is 12.1. The summed E-state index contributed by atoms with van der Waals surface area (Å²) in [6.07, 6.45) is 3.51. The van der Waals surface area contributed by atoms with Crippen molar-refractivity contribution in [1.82, 2.24) is 5.32 Å². The molecule has 0 bridgehead atoms. The van der Waals surface area contributed by atoms with Gasteiger partial charge in [-0.3, -0.25) is 9.10 Å². The third kappa shape index (κ3) is 3.98. The lowest BCUT2D eigenvalue weighted by molar-refractivity contribution is 0.0948. The van der Waals surface area contributed by atoms with Gasteiger partial charge in [-0.2, -0.15) is 0 Å². The number of carbonyl (C=O) groups is 1. The molecule has 1 aromatic rings. The number of hydrogen-bond donors (Lipinski definition) is 1. The first-order valence-corrected chi connectivity index (χ1v) is 9.16. The molecule has 0 spiro atoms. The van der Waals surface area contributed by atoms with Gasteiger partial charge in [-0.05, 0) is 43.0 Å². The molecule has 0 unspecified atom stereocenters. The summed E-state index contributed by atoms with van der Waals surface area (Å²) in [6.45, 7) is 1.65. The number of amides is 1. The van der Waals surface area contributed by atoms with Crippen molar-refractivity contribution in [2.75, 3.05) is 37.4 Å². The molecule has 22 heavy (non-hydrogen) atoms. The second-order valence-corrected chi connectivity index (χ2v) is 7.29. The predicted octanol–water partition coefficient (Wildman–Crippen LogP) is 1.17. The van der Waals surface area contributed by atoms with E-state index >= 15 is 0 Å². The standard InChI is InChI=1S/C15H22N2O4S/c1-21-10-4-8-16-15(18)13-6-7-14-12(11-13)5-3-9-17(14)22(2,19)20/h6-7,11H,3-5,8-10H2,1-2H3,(H,16,18). The summed E-state index contributed by atoms with van der Waals surface area (Å²) in [7, 11) is -1.65. The number of rotatable bonds is 6. The number of hydrogen-bond acceptors (Lipinski definition) is 4. The maximum atomic E-state index is 12.1. The Bertz CT molecular complexity index is 643. The fraction of sp³-hybridized carbons (Fsp3) is 0.533. The van der Waals surface area contributed by atoms with Gasteiger partial charge in [-0.15, -0.1) is 0 Å². The number of carbonyl (C=O) groups excluding carboxylic acids is 1. The van der Waals surface area contributed by atoms with Gasteiger partial charge < -0.3 is 10.1 Å². The van der Waals surface area contributed by atoms with E-state index in [1.807, 2.05) is 0 Å². The Morgan fingerprint density at radius 3 is 2.86 bits per heavy atom. The van der Waals surface area contributed by atoms with E-state index < -0.39 is 10.0 Å². The van der Waals surface area contributed by atoms with Crippen molar-refractivity contribution in [3.63, 3.8) is 0 Å². The molecule has 0 saturated carbocycles. The van der Waals surface area contributed by atoms with Crippen LogP contribution in [0.15, 0.2) is 18.2 Å². The van der Waals surface area contributed by atoms with Crippen LogP contribution in [0.4, 0.5) is 5.69 Å². The zero-order valence-corrected chi connectivity index (χ0v) is 13.8. The number of anilines is 1. The average molecular weight is 326 g/mol. The zero-order valence-electron chi connectivity index (χ0n) is 13.0. The van der Waals surface area contributed by atoms with E-state index in [9.17, 15) is 13.2 Å². The minimum absolute atomic E-state index is 0.143. The normalized spacial score (nSPS) is 14.5. The van der Waals surface area contributed by atoms with Crippen LogP contribution in [0.2, 0.25) is 0 Å². The van der Waals surface area contributed by atoms with E-state index in [-0.39, 0.29) is 5.91 Å². The molecule has 2 rings (SSSR count). The van der Waals surface area contributed by atoms with Crippen LogP contribution in [0.1, 0.15) is 28.8 Å². The summed E-state index contributed by atoms with van der Waals surface area (Å²) >= 11 is 0. The molecule has 1 N–H and O–H groups in total. The number of ether oxygens (including phenoxy) is 1. The SMILES string of the molecule is COCCCNC(=O)c1ccc2c(c1)CCCN2S(C)(=O)=O. The Balaban J connectivity index is 2.13. The fourth-order valence-corrected chi connectivity index (χ4v) is 3.56. The van der Waals surface area contributed by atoms with Crippen molar-refractivity contribution in [1.29, 1.82) is 0 Å². The van der Waals surface area contributed by atoms with Gasteiger partial charge >= 0.3 is 0 Å². The molecule has 0 fully saturated rings. The topological polar surface area (TPSA) is 75.7 Å². The van der Waals surface area contributed by atoms with Gasteiger partial charge in [-0.1, -0.05) is 0 Å². The second-order valence-electron chi connectivity index (χ2n) is 5.38. The summed E-state index contributed by atoms with van der Waals surface area (Å²) in [6, 6.07) is 5.19. The van der Waals surface area contributed by atoms with E-state index in [1.165, 1.54) is 10.6 Å². The van der Waals surface area contributed by atoms with Crippen LogP contribution in [0, 0.1) is 0 Å². The van der Waals surface area contributed by atoms with Gasteiger partial charge in [0, 0.05) is 32.4 Å². The van der Waals surface area contributed by atoms with Gasteiger partial charge in [0.1, 0.15) is 0 Å². The molecule has 0 radical (unpaired) electrons. The fourth-order valence-electron chi connectivity index (χ4n) is 2.57. The molecule has 0 atom stereocenters. The van der Waals surface area contributed by atoms with Crippen molar-refractivity contribution in [3.05, 3.63) is 29.3 Å². The highest BCUT2D eigenvalue weighted by molar-refractivity contribution is 7.92. The molecule has 122 valence electrons. The van der Waals surface area contributed by atoms with Crippen LogP contribution in [0.25, 0.3) is 0 Å². The highest BCUT2D eigenvalue weighted by Gasteiger charge is 2.24. The molecule has 1 aromatic carbocycles. The molecule has 0 aliphatic carbocycles. The minimum atomic E-state index is -3.27. The van der Waals surface area contributed by atoms with Gasteiger partial charge in [0.2, 0.25) is 10.0 Å². The average Bonchev–Trinajstić information content (AvgIpc) is 2.49. The molecule has 0 saturated heterocycles. The molecule has 1 amide bonds. The zero-order chi connectivity index (χ0) is 16.2. The smallest absolute Gasteiger partial charge is 0.251 e. The van der Waals surface area contributed by atoms with E-state index in [0.29, 0.717) is 30.9 Å². The van der Waals surface area contributed by atoms with Crippen molar-refractivity contribution < 1.29 is 17.9 Å². The lowest BCUT2D eigenvalue weighted by Gasteiger charge is -2.29. The van der Waals surface area contributed by atoms with Crippen LogP contribution >= 0.6 is 0 Å². The van der Waals surface area contributed by atoms with Crippen molar-refractivity contribution >= 4 is 21.6 Å². The summed E-state index contributed by atoms with van der Waals surface area (Å²) in [5.74, 6) is -0.143.